The number of esters is 1. The molecule has 4 rings (SSSR count). The molecule has 0 amide bonds. The molecule has 1 atom stereocenters. The molecular weight excluding hydrogens is 496 g/mol. The van der Waals surface area contributed by atoms with E-state index in [0.29, 0.717) is 37.6 Å². The van der Waals surface area contributed by atoms with Gasteiger partial charge in [0.2, 0.25) is 10.0 Å². The summed E-state index contributed by atoms with van der Waals surface area (Å²) in [6, 6.07) is 5.50. The van der Waals surface area contributed by atoms with E-state index in [0.717, 1.165) is 19.4 Å². The number of piperidine rings is 1. The van der Waals surface area contributed by atoms with E-state index in [4.69, 9.17) is 16.3 Å². The maximum absolute atomic E-state index is 13.1. The van der Waals surface area contributed by atoms with Gasteiger partial charge in [-0.1, -0.05) is 17.7 Å². The molecule has 1 N–H and O–H groups in total. The molecule has 0 saturated carbocycles. The van der Waals surface area contributed by atoms with Gasteiger partial charge in [0, 0.05) is 26.2 Å². The van der Waals surface area contributed by atoms with Crippen LogP contribution in [-0.2, 0) is 19.5 Å². The maximum atomic E-state index is 13.1. The summed E-state index contributed by atoms with van der Waals surface area (Å²) in [6.45, 7) is 2.54. The fraction of sp³-hybridized carbons (Fsp3) is 0.522. The van der Waals surface area contributed by atoms with Crippen LogP contribution in [0.3, 0.4) is 0 Å². The molecule has 0 radical (unpaired) electrons. The van der Waals surface area contributed by atoms with Crippen molar-refractivity contribution in [1.82, 2.24) is 14.1 Å². The molecule has 2 fully saturated rings. The Morgan fingerprint density at radius 3 is 2.74 bits per heavy atom. The first-order valence-electron chi connectivity index (χ1n) is 11.6. The summed E-state index contributed by atoms with van der Waals surface area (Å²) in [5.41, 5.74) is 0.256. The van der Waals surface area contributed by atoms with Gasteiger partial charge in [0.1, 0.15) is 5.02 Å². The number of hydrogen-bond acceptors (Lipinski definition) is 8. The topological polar surface area (TPSA) is 120 Å². The number of anilines is 1. The average molecular weight is 525 g/mol. The SMILES string of the molecule is COC(=O)c1cccc(S(=O)(=O)N2CCC(n3ncc(NC[C@H]4CCCOC4)c(Cl)c3=O)CC2)c1. The first-order chi connectivity index (χ1) is 16.8. The van der Waals surface area contributed by atoms with E-state index in [1.165, 1.54) is 40.4 Å². The summed E-state index contributed by atoms with van der Waals surface area (Å²) in [4.78, 5) is 24.7. The van der Waals surface area contributed by atoms with Gasteiger partial charge in [-0.25, -0.2) is 17.9 Å². The van der Waals surface area contributed by atoms with E-state index < -0.39 is 21.6 Å². The molecule has 10 nitrogen and oxygen atoms in total. The zero-order valence-electron chi connectivity index (χ0n) is 19.5. The van der Waals surface area contributed by atoms with Crippen molar-refractivity contribution in [3.63, 3.8) is 0 Å². The van der Waals surface area contributed by atoms with E-state index in [2.05, 4.69) is 15.2 Å². The predicted molar refractivity (Wildman–Crippen MR) is 130 cm³/mol. The zero-order chi connectivity index (χ0) is 25.0. The number of nitrogens with one attached hydrogen (secondary N) is 1. The van der Waals surface area contributed by atoms with Crippen molar-refractivity contribution in [2.45, 2.75) is 36.6 Å². The molecule has 1 aromatic carbocycles. The molecule has 1 aromatic heterocycles. The molecule has 35 heavy (non-hydrogen) atoms. The van der Waals surface area contributed by atoms with Crippen molar-refractivity contribution in [3.8, 4) is 0 Å². The lowest BCUT2D eigenvalue weighted by atomic mass is 10.0. The number of hydrogen-bond donors (Lipinski definition) is 1. The summed E-state index contributed by atoms with van der Waals surface area (Å²) >= 11 is 6.36. The van der Waals surface area contributed by atoms with Crippen LogP contribution in [0.15, 0.2) is 40.2 Å². The monoisotopic (exact) mass is 524 g/mol. The summed E-state index contributed by atoms with van der Waals surface area (Å²) in [7, 11) is -2.56. The number of sulfonamides is 1. The lowest BCUT2D eigenvalue weighted by Crippen LogP contribution is -2.41. The van der Waals surface area contributed by atoms with E-state index in [1.807, 2.05) is 0 Å². The van der Waals surface area contributed by atoms with E-state index in [1.54, 1.807) is 6.20 Å². The van der Waals surface area contributed by atoms with Crippen LogP contribution in [-0.4, -0.2) is 68.4 Å². The highest BCUT2D eigenvalue weighted by atomic mass is 35.5. The Balaban J connectivity index is 1.41. The Morgan fingerprint density at radius 2 is 2.06 bits per heavy atom. The lowest BCUT2D eigenvalue weighted by molar-refractivity contribution is 0.0594. The highest BCUT2D eigenvalue weighted by molar-refractivity contribution is 7.89. The molecule has 12 heteroatoms. The van der Waals surface area contributed by atoms with Gasteiger partial charge in [-0.3, -0.25) is 4.79 Å². The quantitative estimate of drug-likeness (QED) is 0.549. The molecule has 2 aromatic rings. The van der Waals surface area contributed by atoms with Crippen molar-refractivity contribution in [2.75, 3.05) is 45.3 Å². The number of halogens is 1. The third kappa shape index (κ3) is 5.69. The first kappa shape index (κ1) is 25.6. The highest BCUT2D eigenvalue weighted by Crippen LogP contribution is 2.27. The van der Waals surface area contributed by atoms with Gasteiger partial charge in [0.15, 0.2) is 0 Å². The van der Waals surface area contributed by atoms with Gasteiger partial charge in [-0.05, 0) is 49.8 Å². The first-order valence-corrected chi connectivity index (χ1v) is 13.4. The zero-order valence-corrected chi connectivity index (χ0v) is 21.1. The molecule has 0 spiro atoms. The van der Waals surface area contributed by atoms with E-state index >= 15 is 0 Å². The van der Waals surface area contributed by atoms with Crippen LogP contribution in [0.5, 0.6) is 0 Å². The second-order valence-corrected chi connectivity index (χ2v) is 11.1. The summed E-state index contributed by atoms with van der Waals surface area (Å²) in [6.07, 6.45) is 4.44. The third-order valence-corrected chi connectivity index (χ3v) is 8.70. The van der Waals surface area contributed by atoms with Crippen LogP contribution in [0.2, 0.25) is 5.02 Å². The molecule has 3 heterocycles. The second kappa shape index (κ2) is 11.1. The van der Waals surface area contributed by atoms with Crippen molar-refractivity contribution in [1.29, 1.82) is 0 Å². The fourth-order valence-corrected chi connectivity index (χ4v) is 6.15. The largest absolute Gasteiger partial charge is 0.465 e. The summed E-state index contributed by atoms with van der Waals surface area (Å²) in [5.74, 6) is -0.241. The number of rotatable bonds is 7. The van der Waals surface area contributed by atoms with Crippen LogP contribution >= 0.6 is 11.6 Å². The molecule has 2 aliphatic rings. The van der Waals surface area contributed by atoms with Gasteiger partial charge in [-0.2, -0.15) is 9.40 Å². The Bertz CT molecular complexity index is 1220. The molecule has 190 valence electrons. The van der Waals surface area contributed by atoms with Gasteiger partial charge in [-0.15, -0.1) is 0 Å². The van der Waals surface area contributed by atoms with Crippen LogP contribution < -0.4 is 10.9 Å². The van der Waals surface area contributed by atoms with E-state index in [-0.39, 0.29) is 34.6 Å². The normalized spacial score (nSPS) is 19.9. The van der Waals surface area contributed by atoms with Gasteiger partial charge in [0.05, 0.1) is 42.1 Å². The number of carbonyl (C=O) groups is 1. The summed E-state index contributed by atoms with van der Waals surface area (Å²) < 4.78 is 39.1. The number of nitrogens with zero attached hydrogens (tertiary/aromatic N) is 3. The molecule has 0 unspecified atom stereocenters. The number of carbonyl (C=O) groups excluding carboxylic acids is 1. The Labute approximate surface area is 209 Å². The Hall–Kier alpha value is -2.47. The number of ether oxygens (including phenoxy) is 2. The van der Waals surface area contributed by atoms with E-state index in [9.17, 15) is 18.0 Å². The molecule has 0 aliphatic carbocycles. The van der Waals surface area contributed by atoms with Gasteiger partial charge < -0.3 is 14.8 Å². The van der Waals surface area contributed by atoms with Crippen LogP contribution in [0.4, 0.5) is 5.69 Å². The highest BCUT2D eigenvalue weighted by Gasteiger charge is 2.31. The minimum Gasteiger partial charge on any atom is -0.465 e. The Morgan fingerprint density at radius 1 is 1.29 bits per heavy atom. The average Bonchev–Trinajstić information content (AvgIpc) is 2.90. The van der Waals surface area contributed by atoms with Gasteiger partial charge >= 0.3 is 5.97 Å². The molecular formula is C23H29ClN4O6S. The van der Waals surface area contributed by atoms with Crippen molar-refractivity contribution in [3.05, 3.63) is 51.4 Å². The van der Waals surface area contributed by atoms with Crippen molar-refractivity contribution in [2.24, 2.45) is 5.92 Å². The standard InChI is InChI=1S/C23H29ClN4O6S/c1-33-23(30)17-5-2-6-19(12-17)35(31,32)27-9-7-18(8-10-27)28-22(29)21(24)20(14-26-28)25-13-16-4-3-11-34-15-16/h2,5-6,12,14,16,18,25H,3-4,7-11,13,15H2,1H3/t16-/m1/s1. The Kier molecular flexibility index (Phi) is 8.10. The molecule has 0 bridgehead atoms. The van der Waals surface area contributed by atoms with Crippen LogP contribution in [0, 0.1) is 5.92 Å². The molecule has 2 aliphatic heterocycles. The fourth-order valence-electron chi connectivity index (χ4n) is 4.43. The number of aromatic nitrogens is 2. The molecule has 2 saturated heterocycles. The predicted octanol–water partition coefficient (Wildman–Crippen LogP) is 2.55. The number of methoxy groups -OCH3 is 1. The minimum absolute atomic E-state index is 0.0241. The number of benzene rings is 1. The van der Waals surface area contributed by atoms with Crippen molar-refractivity contribution < 1.29 is 22.7 Å². The second-order valence-electron chi connectivity index (χ2n) is 8.74. The lowest BCUT2D eigenvalue weighted by Gasteiger charge is -2.31. The minimum atomic E-state index is -3.80. The van der Waals surface area contributed by atoms with Crippen molar-refractivity contribution >= 4 is 33.3 Å². The smallest absolute Gasteiger partial charge is 0.337 e. The maximum Gasteiger partial charge on any atom is 0.337 e. The van der Waals surface area contributed by atoms with Crippen LogP contribution in [0.25, 0.3) is 0 Å². The third-order valence-electron chi connectivity index (χ3n) is 6.44. The van der Waals surface area contributed by atoms with Crippen LogP contribution in [0.1, 0.15) is 42.1 Å². The summed E-state index contributed by atoms with van der Waals surface area (Å²) in [5, 5.41) is 7.60. The van der Waals surface area contributed by atoms with Gasteiger partial charge in [0.25, 0.3) is 5.56 Å².